The predicted octanol–water partition coefficient (Wildman–Crippen LogP) is 14.6. The summed E-state index contributed by atoms with van der Waals surface area (Å²) in [4.78, 5) is 2.75. The maximum Gasteiger partial charge on any atom is 0.0543 e. The Balaban J connectivity index is 1.53. The zero-order valence-corrected chi connectivity index (χ0v) is 32.9. The molecular formula is C53H53N. The smallest absolute Gasteiger partial charge is 0.0543 e. The standard InChI is InChI=1S/C53H53N/c1-7-10-12-13-16-23-37(9-3)46(30-15-11-8-2)54-47-34-36(4)33-44(49(47)38-24-17-14-18-25-38)42-31-32-43-41-28-21-22-29-45(41)53(5,6)52(43)51(42)50-40-27-20-19-26-39(40)35-48(50)54/h7,10,12-14,16-34,37H,8-9,11,15,35H2,1-6H3/b10-7-,13-12-,23-16+,46-30+. The van der Waals surface area contributed by atoms with E-state index in [0.29, 0.717) is 0 Å². The minimum Gasteiger partial charge on any atom is -0.316 e. The number of fused-ring (bicyclic) bond motifs is 11. The van der Waals surface area contributed by atoms with Crippen LogP contribution in [0, 0.1) is 12.8 Å². The molecule has 0 aromatic heterocycles. The van der Waals surface area contributed by atoms with Gasteiger partial charge in [-0.1, -0.05) is 180 Å². The highest BCUT2D eigenvalue weighted by atomic mass is 15.2. The predicted molar refractivity (Wildman–Crippen MR) is 233 cm³/mol. The van der Waals surface area contributed by atoms with Gasteiger partial charge in [0.2, 0.25) is 0 Å². The molecule has 1 heteroatoms. The number of benzene rings is 5. The van der Waals surface area contributed by atoms with Gasteiger partial charge in [0.15, 0.2) is 0 Å². The number of hydrogen-bond donors (Lipinski definition) is 0. The molecule has 1 heterocycles. The summed E-state index contributed by atoms with van der Waals surface area (Å²) in [5.41, 5.74) is 21.5. The van der Waals surface area contributed by atoms with Crippen molar-refractivity contribution in [3.05, 3.63) is 190 Å². The lowest BCUT2D eigenvalue weighted by atomic mass is 9.74. The van der Waals surface area contributed by atoms with E-state index >= 15 is 0 Å². The number of allylic oxidation sites excluding steroid dienone is 8. The lowest BCUT2D eigenvalue weighted by Crippen LogP contribution is -2.29. The fraction of sp³-hybridized carbons (Fsp3) is 0.245. The van der Waals surface area contributed by atoms with Gasteiger partial charge < -0.3 is 4.90 Å². The van der Waals surface area contributed by atoms with Crippen molar-refractivity contribution in [2.75, 3.05) is 4.90 Å². The minimum absolute atomic E-state index is 0.176. The van der Waals surface area contributed by atoms with Gasteiger partial charge in [0.25, 0.3) is 0 Å². The van der Waals surface area contributed by atoms with E-state index in [1.165, 1.54) is 95.8 Å². The van der Waals surface area contributed by atoms with Crippen LogP contribution in [0.25, 0.3) is 39.0 Å². The van der Waals surface area contributed by atoms with Crippen molar-refractivity contribution in [2.45, 2.75) is 79.1 Å². The van der Waals surface area contributed by atoms with Crippen molar-refractivity contribution in [1.29, 1.82) is 0 Å². The summed E-state index contributed by atoms with van der Waals surface area (Å²) >= 11 is 0. The molecule has 8 rings (SSSR count). The summed E-state index contributed by atoms with van der Waals surface area (Å²) < 4.78 is 0. The highest BCUT2D eigenvalue weighted by Crippen LogP contribution is 2.59. The second kappa shape index (κ2) is 14.8. The molecule has 0 fully saturated rings. The fourth-order valence-electron chi connectivity index (χ4n) is 9.42. The number of anilines is 1. The first-order chi connectivity index (χ1) is 26.4. The second-order valence-corrected chi connectivity index (χ2v) is 15.7. The Morgan fingerprint density at radius 3 is 2.24 bits per heavy atom. The Labute approximate surface area is 323 Å². The first-order valence-corrected chi connectivity index (χ1v) is 20.1. The largest absolute Gasteiger partial charge is 0.316 e. The molecule has 5 aromatic carbocycles. The highest BCUT2D eigenvalue weighted by molar-refractivity contribution is 6.07. The Morgan fingerprint density at radius 2 is 1.46 bits per heavy atom. The van der Waals surface area contributed by atoms with Gasteiger partial charge in [0, 0.05) is 40.3 Å². The van der Waals surface area contributed by atoms with Crippen LogP contribution in [-0.4, -0.2) is 0 Å². The number of hydrogen-bond acceptors (Lipinski definition) is 1. The molecule has 0 N–H and O–H groups in total. The van der Waals surface area contributed by atoms with Gasteiger partial charge in [-0.15, -0.1) is 0 Å². The van der Waals surface area contributed by atoms with E-state index in [1.54, 1.807) is 0 Å². The molecular weight excluding hydrogens is 651 g/mol. The van der Waals surface area contributed by atoms with Gasteiger partial charge in [-0.2, -0.15) is 0 Å². The lowest BCUT2D eigenvalue weighted by Gasteiger charge is -2.39. The molecule has 0 saturated heterocycles. The highest BCUT2D eigenvalue weighted by Gasteiger charge is 2.43. The zero-order valence-electron chi connectivity index (χ0n) is 32.9. The molecule has 0 radical (unpaired) electrons. The Morgan fingerprint density at radius 1 is 0.741 bits per heavy atom. The van der Waals surface area contributed by atoms with E-state index in [0.717, 1.165) is 25.7 Å². The van der Waals surface area contributed by atoms with Crippen LogP contribution in [0.5, 0.6) is 0 Å². The van der Waals surface area contributed by atoms with Gasteiger partial charge in [0.1, 0.15) is 0 Å². The molecule has 270 valence electrons. The summed E-state index contributed by atoms with van der Waals surface area (Å²) in [5, 5.41) is 0. The van der Waals surface area contributed by atoms with E-state index < -0.39 is 0 Å². The fourth-order valence-corrected chi connectivity index (χ4v) is 9.42. The summed E-state index contributed by atoms with van der Waals surface area (Å²) in [6.07, 6.45) is 21.0. The zero-order chi connectivity index (χ0) is 37.4. The van der Waals surface area contributed by atoms with Gasteiger partial charge in [-0.25, -0.2) is 0 Å². The molecule has 5 aromatic rings. The van der Waals surface area contributed by atoms with E-state index in [9.17, 15) is 0 Å². The van der Waals surface area contributed by atoms with Gasteiger partial charge in [-0.3, -0.25) is 0 Å². The van der Waals surface area contributed by atoms with Crippen molar-refractivity contribution in [3.63, 3.8) is 0 Å². The molecule has 0 amide bonds. The summed E-state index contributed by atoms with van der Waals surface area (Å²) in [7, 11) is 0. The number of rotatable bonds is 10. The Bertz CT molecular complexity index is 2370. The van der Waals surface area contributed by atoms with Gasteiger partial charge >= 0.3 is 0 Å². The number of aryl methyl sites for hydroxylation is 1. The first kappa shape index (κ1) is 35.6. The van der Waals surface area contributed by atoms with Crippen LogP contribution in [0.1, 0.15) is 93.7 Å². The summed E-state index contributed by atoms with van der Waals surface area (Å²) in [6.45, 7) is 13.9. The van der Waals surface area contributed by atoms with Gasteiger partial charge in [-0.05, 0) is 94.0 Å². The maximum absolute atomic E-state index is 2.75. The van der Waals surface area contributed by atoms with Crippen molar-refractivity contribution >= 4 is 11.3 Å². The van der Waals surface area contributed by atoms with Gasteiger partial charge in [0.05, 0.1) is 5.69 Å². The molecule has 2 aliphatic carbocycles. The molecule has 2 bridgehead atoms. The normalized spacial score (nSPS) is 16.0. The van der Waals surface area contributed by atoms with Crippen LogP contribution in [0.3, 0.4) is 0 Å². The van der Waals surface area contributed by atoms with Crippen LogP contribution in [0.2, 0.25) is 0 Å². The summed E-state index contributed by atoms with van der Waals surface area (Å²) in [5.74, 6) is 0.225. The van der Waals surface area contributed by atoms with Crippen LogP contribution >= 0.6 is 0 Å². The average molecular weight is 704 g/mol. The van der Waals surface area contributed by atoms with E-state index in [-0.39, 0.29) is 11.3 Å². The SMILES string of the molecule is C\C=C/C=C\C=C\C(CC)/C(=C\CCCC)N1C2=C(c3ccccc3C2)c2c(ccc3c2C(C)(C)c2ccccc2-3)-c2cc(C)cc1c2-c1ccccc1. The van der Waals surface area contributed by atoms with Crippen molar-refractivity contribution in [1.82, 2.24) is 0 Å². The third-order valence-corrected chi connectivity index (χ3v) is 11.9. The molecule has 1 nitrogen and oxygen atoms in total. The van der Waals surface area contributed by atoms with Crippen molar-refractivity contribution < 1.29 is 0 Å². The third kappa shape index (κ3) is 5.95. The molecule has 1 aliphatic heterocycles. The maximum atomic E-state index is 2.75. The molecule has 1 unspecified atom stereocenters. The monoisotopic (exact) mass is 703 g/mol. The van der Waals surface area contributed by atoms with E-state index in [4.69, 9.17) is 0 Å². The van der Waals surface area contributed by atoms with E-state index in [1.807, 2.05) is 0 Å². The number of nitrogens with zero attached hydrogens (tertiary/aromatic N) is 1. The van der Waals surface area contributed by atoms with Crippen LogP contribution in [-0.2, 0) is 11.8 Å². The molecule has 1 atom stereocenters. The lowest BCUT2D eigenvalue weighted by molar-refractivity contribution is 0.658. The second-order valence-electron chi connectivity index (χ2n) is 15.7. The van der Waals surface area contributed by atoms with E-state index in [2.05, 4.69) is 192 Å². The topological polar surface area (TPSA) is 3.24 Å². The Kier molecular flexibility index (Phi) is 9.76. The minimum atomic E-state index is -0.176. The molecule has 3 aliphatic rings. The molecule has 0 saturated carbocycles. The first-order valence-electron chi connectivity index (χ1n) is 20.1. The summed E-state index contributed by atoms with van der Waals surface area (Å²) in [6, 6.07) is 39.3. The van der Waals surface area contributed by atoms with Crippen LogP contribution in [0.15, 0.2) is 157 Å². The van der Waals surface area contributed by atoms with Crippen molar-refractivity contribution in [2.24, 2.45) is 5.92 Å². The average Bonchev–Trinajstić information content (AvgIpc) is 3.67. The molecule has 54 heavy (non-hydrogen) atoms. The van der Waals surface area contributed by atoms with Crippen LogP contribution < -0.4 is 4.90 Å². The quantitative estimate of drug-likeness (QED) is 0.103. The third-order valence-electron chi connectivity index (χ3n) is 11.9. The number of unbranched alkanes of at least 4 members (excludes halogenated alkanes) is 2. The molecule has 0 spiro atoms. The Hall–Kier alpha value is -5.40. The van der Waals surface area contributed by atoms with Crippen LogP contribution in [0.4, 0.5) is 5.69 Å². The van der Waals surface area contributed by atoms with Crippen molar-refractivity contribution in [3.8, 4) is 33.4 Å².